The van der Waals surface area contributed by atoms with Crippen molar-refractivity contribution in [1.82, 2.24) is 0 Å². The maximum absolute atomic E-state index is 11.7. The van der Waals surface area contributed by atoms with Gasteiger partial charge < -0.3 is 5.32 Å². The van der Waals surface area contributed by atoms with Crippen LogP contribution in [0.3, 0.4) is 0 Å². The van der Waals surface area contributed by atoms with Gasteiger partial charge >= 0.3 is 0 Å². The summed E-state index contributed by atoms with van der Waals surface area (Å²) < 4.78 is 1.06. The topological polar surface area (TPSA) is 29.1 Å². The van der Waals surface area contributed by atoms with Gasteiger partial charge in [0.1, 0.15) is 0 Å². The largest absolute Gasteiger partial charge is 0.326 e. The minimum atomic E-state index is 0.152. The van der Waals surface area contributed by atoms with Crippen LogP contribution in [-0.2, 0) is 11.2 Å². The van der Waals surface area contributed by atoms with E-state index in [1.807, 2.05) is 12.1 Å². The number of nitrogens with one attached hydrogen (secondary N) is 1. The van der Waals surface area contributed by atoms with Crippen LogP contribution in [0, 0.1) is 5.92 Å². The molecule has 1 amide bonds. The molecule has 0 spiro atoms. The summed E-state index contributed by atoms with van der Waals surface area (Å²) in [5, 5.41) is 3.00. The zero-order valence-corrected chi connectivity index (χ0v) is 11.0. The van der Waals surface area contributed by atoms with Gasteiger partial charge in [0, 0.05) is 16.6 Å². The lowest BCUT2D eigenvalue weighted by Crippen LogP contribution is -2.13. The summed E-state index contributed by atoms with van der Waals surface area (Å²) in [6.45, 7) is 2.10. The van der Waals surface area contributed by atoms with Gasteiger partial charge in [0.15, 0.2) is 0 Å². The van der Waals surface area contributed by atoms with Crippen LogP contribution in [0.25, 0.3) is 0 Å². The standard InChI is InChI=1S/C13H16BrNO/c1-2-10-8-11(14)5-6-12(10)15-13(16)7-9-3-4-9/h5-6,8-9H,2-4,7H2,1H3,(H,15,16). The molecule has 1 aromatic rings. The Kier molecular flexibility index (Phi) is 3.64. The van der Waals surface area contributed by atoms with Crippen molar-refractivity contribution in [3.05, 3.63) is 28.2 Å². The Morgan fingerprint density at radius 1 is 1.50 bits per heavy atom. The number of amides is 1. The summed E-state index contributed by atoms with van der Waals surface area (Å²) >= 11 is 3.44. The molecule has 86 valence electrons. The quantitative estimate of drug-likeness (QED) is 0.895. The van der Waals surface area contributed by atoms with Gasteiger partial charge in [-0.2, -0.15) is 0 Å². The predicted octanol–water partition coefficient (Wildman–Crippen LogP) is 3.75. The molecule has 1 saturated carbocycles. The Labute approximate surface area is 105 Å². The van der Waals surface area contributed by atoms with Crippen LogP contribution in [0.5, 0.6) is 0 Å². The van der Waals surface area contributed by atoms with Crippen molar-refractivity contribution in [1.29, 1.82) is 0 Å². The summed E-state index contributed by atoms with van der Waals surface area (Å²) in [6, 6.07) is 5.99. The van der Waals surface area contributed by atoms with Gasteiger partial charge in [0.05, 0.1) is 0 Å². The second-order valence-electron chi connectivity index (χ2n) is 4.35. The average molecular weight is 282 g/mol. The Morgan fingerprint density at radius 3 is 2.88 bits per heavy atom. The van der Waals surface area contributed by atoms with Crippen LogP contribution in [0.1, 0.15) is 31.7 Å². The predicted molar refractivity (Wildman–Crippen MR) is 69.5 cm³/mol. The summed E-state index contributed by atoms with van der Waals surface area (Å²) in [4.78, 5) is 11.7. The summed E-state index contributed by atoms with van der Waals surface area (Å²) in [7, 11) is 0. The van der Waals surface area contributed by atoms with Crippen LogP contribution in [0.15, 0.2) is 22.7 Å². The number of rotatable bonds is 4. The zero-order chi connectivity index (χ0) is 11.5. The van der Waals surface area contributed by atoms with Crippen LogP contribution in [-0.4, -0.2) is 5.91 Å². The van der Waals surface area contributed by atoms with Gasteiger partial charge in [-0.3, -0.25) is 4.79 Å². The van der Waals surface area contributed by atoms with Crippen LogP contribution < -0.4 is 5.32 Å². The molecule has 1 fully saturated rings. The Bertz CT molecular complexity index is 399. The number of halogens is 1. The Hall–Kier alpha value is -0.830. The maximum Gasteiger partial charge on any atom is 0.224 e. The van der Waals surface area contributed by atoms with E-state index in [2.05, 4.69) is 34.2 Å². The molecule has 16 heavy (non-hydrogen) atoms. The average Bonchev–Trinajstić information content (AvgIpc) is 3.04. The molecule has 0 heterocycles. The summed E-state index contributed by atoms with van der Waals surface area (Å²) in [5.41, 5.74) is 2.13. The van der Waals surface area contributed by atoms with E-state index in [1.165, 1.54) is 18.4 Å². The van der Waals surface area contributed by atoms with Gasteiger partial charge in [0.2, 0.25) is 5.91 Å². The molecule has 0 saturated heterocycles. The molecule has 0 aliphatic heterocycles. The molecular weight excluding hydrogens is 266 g/mol. The fourth-order valence-corrected chi connectivity index (χ4v) is 2.17. The molecule has 1 N–H and O–H groups in total. The third-order valence-electron chi connectivity index (χ3n) is 2.89. The molecule has 1 aromatic carbocycles. The van der Waals surface area contributed by atoms with E-state index >= 15 is 0 Å². The number of anilines is 1. The van der Waals surface area contributed by atoms with Gasteiger partial charge in [0.25, 0.3) is 0 Å². The first-order valence-corrected chi connectivity index (χ1v) is 6.56. The highest BCUT2D eigenvalue weighted by Gasteiger charge is 2.24. The van der Waals surface area contributed by atoms with Gasteiger partial charge in [-0.25, -0.2) is 0 Å². The van der Waals surface area contributed by atoms with Gasteiger partial charge in [-0.15, -0.1) is 0 Å². The molecule has 0 aromatic heterocycles. The lowest BCUT2D eigenvalue weighted by atomic mass is 10.1. The Balaban J connectivity index is 2.04. The lowest BCUT2D eigenvalue weighted by Gasteiger charge is -2.10. The smallest absolute Gasteiger partial charge is 0.224 e. The van der Waals surface area contributed by atoms with E-state index in [0.717, 1.165) is 16.6 Å². The zero-order valence-electron chi connectivity index (χ0n) is 9.42. The van der Waals surface area contributed by atoms with E-state index in [4.69, 9.17) is 0 Å². The highest BCUT2D eigenvalue weighted by molar-refractivity contribution is 9.10. The fourth-order valence-electron chi connectivity index (χ4n) is 1.76. The summed E-state index contributed by atoms with van der Waals surface area (Å²) in [5.74, 6) is 0.792. The number of carbonyl (C=O) groups is 1. The Morgan fingerprint density at radius 2 is 2.25 bits per heavy atom. The van der Waals surface area contributed by atoms with Crippen molar-refractivity contribution in [2.75, 3.05) is 5.32 Å². The first-order chi connectivity index (χ1) is 7.69. The second kappa shape index (κ2) is 5.00. The van der Waals surface area contributed by atoms with Crippen LogP contribution in [0.4, 0.5) is 5.69 Å². The van der Waals surface area contributed by atoms with Crippen molar-refractivity contribution in [3.63, 3.8) is 0 Å². The third kappa shape index (κ3) is 3.08. The van der Waals surface area contributed by atoms with E-state index in [0.29, 0.717) is 12.3 Å². The van der Waals surface area contributed by atoms with Crippen molar-refractivity contribution in [3.8, 4) is 0 Å². The third-order valence-corrected chi connectivity index (χ3v) is 3.39. The van der Waals surface area contributed by atoms with Crippen molar-refractivity contribution in [2.45, 2.75) is 32.6 Å². The molecule has 0 radical (unpaired) electrons. The number of aryl methyl sites for hydroxylation is 1. The first-order valence-electron chi connectivity index (χ1n) is 5.77. The van der Waals surface area contributed by atoms with Gasteiger partial charge in [-0.05, 0) is 48.9 Å². The van der Waals surface area contributed by atoms with E-state index in [1.54, 1.807) is 0 Å². The monoisotopic (exact) mass is 281 g/mol. The van der Waals surface area contributed by atoms with Crippen LogP contribution in [0.2, 0.25) is 0 Å². The SMILES string of the molecule is CCc1cc(Br)ccc1NC(=O)CC1CC1. The minimum Gasteiger partial charge on any atom is -0.326 e. The molecule has 0 bridgehead atoms. The highest BCUT2D eigenvalue weighted by Crippen LogP contribution is 2.32. The molecular formula is C13H16BrNO. The van der Waals surface area contributed by atoms with E-state index in [-0.39, 0.29) is 5.91 Å². The van der Waals surface area contributed by atoms with Crippen molar-refractivity contribution < 1.29 is 4.79 Å². The highest BCUT2D eigenvalue weighted by atomic mass is 79.9. The number of hydrogen-bond acceptors (Lipinski definition) is 1. The van der Waals surface area contributed by atoms with E-state index < -0.39 is 0 Å². The van der Waals surface area contributed by atoms with Crippen molar-refractivity contribution in [2.24, 2.45) is 5.92 Å². The molecule has 0 unspecified atom stereocenters. The number of carbonyl (C=O) groups excluding carboxylic acids is 1. The summed E-state index contributed by atoms with van der Waals surface area (Å²) in [6.07, 6.45) is 4.04. The lowest BCUT2D eigenvalue weighted by molar-refractivity contribution is -0.116. The van der Waals surface area contributed by atoms with E-state index in [9.17, 15) is 4.79 Å². The number of benzene rings is 1. The molecule has 2 nitrogen and oxygen atoms in total. The number of hydrogen-bond donors (Lipinski definition) is 1. The second-order valence-corrected chi connectivity index (χ2v) is 5.27. The molecule has 3 heteroatoms. The molecule has 1 aliphatic rings. The van der Waals surface area contributed by atoms with Crippen molar-refractivity contribution >= 4 is 27.5 Å². The van der Waals surface area contributed by atoms with Gasteiger partial charge in [-0.1, -0.05) is 22.9 Å². The first kappa shape index (κ1) is 11.6. The molecule has 2 rings (SSSR count). The molecule has 0 atom stereocenters. The minimum absolute atomic E-state index is 0.152. The maximum atomic E-state index is 11.7. The fraction of sp³-hybridized carbons (Fsp3) is 0.462. The molecule has 1 aliphatic carbocycles. The normalized spacial score (nSPS) is 14.9. The van der Waals surface area contributed by atoms with Crippen LogP contribution >= 0.6 is 15.9 Å².